The van der Waals surface area contributed by atoms with Crippen molar-refractivity contribution in [3.05, 3.63) is 29.3 Å². The molecule has 0 atom stereocenters. The van der Waals surface area contributed by atoms with Gasteiger partial charge < -0.3 is 11.1 Å². The summed E-state index contributed by atoms with van der Waals surface area (Å²) in [5, 5.41) is 5.29. The zero-order chi connectivity index (χ0) is 10.6. The molecule has 0 bridgehead atoms. The number of rotatable bonds is 1. The Morgan fingerprint density at radius 1 is 1.36 bits per heavy atom. The van der Waals surface area contributed by atoms with E-state index >= 15 is 0 Å². The largest absolute Gasteiger partial charge is 0.376 e. The van der Waals surface area contributed by atoms with Crippen LogP contribution in [-0.2, 0) is 0 Å². The molecule has 0 aliphatic carbocycles. The second-order valence-corrected chi connectivity index (χ2v) is 3.33. The van der Waals surface area contributed by atoms with Crippen LogP contribution in [0.4, 0.5) is 10.5 Å². The van der Waals surface area contributed by atoms with Gasteiger partial charge in [0.15, 0.2) is 5.11 Å². The smallest absolute Gasteiger partial charge is 0.325 e. The summed E-state index contributed by atoms with van der Waals surface area (Å²) in [5.74, 6) is 0. The lowest BCUT2D eigenvalue weighted by Gasteiger charge is -2.05. The van der Waals surface area contributed by atoms with Crippen molar-refractivity contribution >= 4 is 40.6 Å². The van der Waals surface area contributed by atoms with Crippen molar-refractivity contribution in [3.8, 4) is 0 Å². The van der Waals surface area contributed by atoms with Crippen LogP contribution in [0.1, 0.15) is 0 Å². The maximum absolute atomic E-state index is 11.1. The van der Waals surface area contributed by atoms with Gasteiger partial charge in [-0.3, -0.25) is 5.32 Å². The number of carbonyl (C=O) groups is 1. The molecule has 1 rings (SSSR count). The lowest BCUT2D eigenvalue weighted by molar-refractivity contribution is 0.256. The van der Waals surface area contributed by atoms with Crippen LogP contribution >= 0.6 is 23.8 Å². The summed E-state index contributed by atoms with van der Waals surface area (Å²) in [6, 6.07) is 6.19. The first-order valence-corrected chi connectivity index (χ1v) is 4.49. The molecule has 0 heterocycles. The molecule has 0 saturated heterocycles. The van der Waals surface area contributed by atoms with Crippen molar-refractivity contribution < 1.29 is 4.79 Å². The number of anilines is 1. The monoisotopic (exact) mass is 229 g/mol. The van der Waals surface area contributed by atoms with Gasteiger partial charge in [0.05, 0.1) is 0 Å². The topological polar surface area (TPSA) is 67.1 Å². The molecule has 0 fully saturated rings. The Hall–Kier alpha value is -1.33. The number of nitrogens with two attached hydrogens (primary N) is 1. The van der Waals surface area contributed by atoms with Gasteiger partial charge in [-0.2, -0.15) is 0 Å². The van der Waals surface area contributed by atoms with E-state index in [9.17, 15) is 4.79 Å². The molecular weight excluding hydrogens is 222 g/mol. The number of nitrogens with one attached hydrogen (secondary N) is 2. The summed E-state index contributed by atoms with van der Waals surface area (Å²) in [6.07, 6.45) is 0. The molecule has 0 unspecified atom stereocenters. The average molecular weight is 230 g/mol. The standard InChI is InChI=1S/C8H8ClN3OS/c9-5-1-3-6(4-2-5)11-8(13)12-7(10)14/h1-4H,(H4,10,11,12,13,14). The first-order chi connectivity index (χ1) is 6.58. The van der Waals surface area contributed by atoms with Crippen LogP contribution < -0.4 is 16.4 Å². The van der Waals surface area contributed by atoms with Crippen LogP contribution in [0.2, 0.25) is 5.02 Å². The molecule has 74 valence electrons. The Bertz CT molecular complexity index is 352. The summed E-state index contributed by atoms with van der Waals surface area (Å²) in [6.45, 7) is 0. The van der Waals surface area contributed by atoms with Gasteiger partial charge in [0, 0.05) is 10.7 Å². The number of amides is 2. The van der Waals surface area contributed by atoms with E-state index in [0.29, 0.717) is 10.7 Å². The van der Waals surface area contributed by atoms with E-state index in [2.05, 4.69) is 22.9 Å². The fraction of sp³-hybridized carbons (Fsp3) is 0. The molecule has 14 heavy (non-hydrogen) atoms. The van der Waals surface area contributed by atoms with Crippen molar-refractivity contribution in [1.29, 1.82) is 0 Å². The maximum Gasteiger partial charge on any atom is 0.325 e. The molecule has 0 aliphatic rings. The van der Waals surface area contributed by atoms with Gasteiger partial charge in [-0.1, -0.05) is 11.6 Å². The SMILES string of the molecule is NC(=S)NC(=O)Nc1ccc(Cl)cc1. The van der Waals surface area contributed by atoms with Crippen LogP contribution in [-0.4, -0.2) is 11.1 Å². The van der Waals surface area contributed by atoms with Crippen molar-refractivity contribution in [2.75, 3.05) is 5.32 Å². The molecule has 0 saturated carbocycles. The minimum atomic E-state index is -0.472. The quantitative estimate of drug-likeness (QED) is 0.643. The first-order valence-electron chi connectivity index (χ1n) is 3.71. The summed E-state index contributed by atoms with van der Waals surface area (Å²) < 4.78 is 0. The third-order valence-electron chi connectivity index (χ3n) is 1.34. The third-order valence-corrected chi connectivity index (χ3v) is 1.69. The molecular formula is C8H8ClN3OS. The lowest BCUT2D eigenvalue weighted by Crippen LogP contribution is -2.37. The number of urea groups is 1. The highest BCUT2D eigenvalue weighted by molar-refractivity contribution is 7.80. The molecule has 0 aromatic heterocycles. The molecule has 6 heteroatoms. The molecule has 4 nitrogen and oxygen atoms in total. The number of carbonyl (C=O) groups excluding carboxylic acids is 1. The highest BCUT2D eigenvalue weighted by Crippen LogP contribution is 2.12. The van der Waals surface area contributed by atoms with E-state index in [1.807, 2.05) is 0 Å². The average Bonchev–Trinajstić information content (AvgIpc) is 2.07. The van der Waals surface area contributed by atoms with Crippen LogP contribution in [0.5, 0.6) is 0 Å². The normalized spacial score (nSPS) is 9.21. The van der Waals surface area contributed by atoms with Crippen molar-refractivity contribution in [1.82, 2.24) is 5.32 Å². The first kappa shape index (κ1) is 10.7. The number of benzene rings is 1. The number of thiocarbonyl (C=S) groups is 1. The van der Waals surface area contributed by atoms with Gasteiger partial charge >= 0.3 is 6.03 Å². The van der Waals surface area contributed by atoms with E-state index < -0.39 is 6.03 Å². The number of hydrogen-bond donors (Lipinski definition) is 3. The van der Waals surface area contributed by atoms with Crippen LogP contribution in [0.3, 0.4) is 0 Å². The minimum Gasteiger partial charge on any atom is -0.376 e. The molecule has 1 aromatic rings. The molecule has 1 aromatic carbocycles. The fourth-order valence-corrected chi connectivity index (χ4v) is 1.03. The van der Waals surface area contributed by atoms with Crippen molar-refractivity contribution in [2.45, 2.75) is 0 Å². The van der Waals surface area contributed by atoms with E-state index in [1.165, 1.54) is 0 Å². The van der Waals surface area contributed by atoms with Crippen LogP contribution in [0, 0.1) is 0 Å². The zero-order valence-corrected chi connectivity index (χ0v) is 8.65. The van der Waals surface area contributed by atoms with Crippen molar-refractivity contribution in [2.24, 2.45) is 5.73 Å². The Morgan fingerprint density at radius 2 is 1.93 bits per heavy atom. The van der Waals surface area contributed by atoms with Gasteiger partial charge in [0.2, 0.25) is 0 Å². The Morgan fingerprint density at radius 3 is 2.43 bits per heavy atom. The van der Waals surface area contributed by atoms with E-state index in [4.69, 9.17) is 17.3 Å². The van der Waals surface area contributed by atoms with Gasteiger partial charge in [-0.25, -0.2) is 4.79 Å². The molecule has 0 spiro atoms. The Balaban J connectivity index is 2.56. The van der Waals surface area contributed by atoms with Crippen molar-refractivity contribution in [3.63, 3.8) is 0 Å². The molecule has 0 radical (unpaired) electrons. The molecule has 0 aliphatic heterocycles. The van der Waals surface area contributed by atoms with Gasteiger partial charge in [0.1, 0.15) is 0 Å². The predicted octanol–water partition coefficient (Wildman–Crippen LogP) is 1.71. The van der Waals surface area contributed by atoms with Gasteiger partial charge in [-0.15, -0.1) is 0 Å². The van der Waals surface area contributed by atoms with Gasteiger partial charge in [-0.05, 0) is 36.5 Å². The zero-order valence-electron chi connectivity index (χ0n) is 7.08. The second-order valence-electron chi connectivity index (χ2n) is 2.45. The van der Waals surface area contributed by atoms with E-state index in [1.54, 1.807) is 24.3 Å². The maximum atomic E-state index is 11.1. The van der Waals surface area contributed by atoms with Crippen LogP contribution in [0.15, 0.2) is 24.3 Å². The molecule has 4 N–H and O–H groups in total. The lowest BCUT2D eigenvalue weighted by atomic mass is 10.3. The van der Waals surface area contributed by atoms with Crippen LogP contribution in [0.25, 0.3) is 0 Å². The predicted molar refractivity (Wildman–Crippen MR) is 60.4 cm³/mol. The summed E-state index contributed by atoms with van der Waals surface area (Å²) in [5.41, 5.74) is 5.72. The second kappa shape index (κ2) is 4.78. The Kier molecular flexibility index (Phi) is 3.67. The summed E-state index contributed by atoms with van der Waals surface area (Å²) >= 11 is 10.2. The number of hydrogen-bond acceptors (Lipinski definition) is 2. The van der Waals surface area contributed by atoms with E-state index in [0.717, 1.165) is 0 Å². The van der Waals surface area contributed by atoms with Gasteiger partial charge in [0.25, 0.3) is 0 Å². The van der Waals surface area contributed by atoms with E-state index in [-0.39, 0.29) is 5.11 Å². The summed E-state index contributed by atoms with van der Waals surface area (Å²) in [4.78, 5) is 11.1. The Labute approximate surface area is 91.4 Å². The number of halogens is 1. The molecule has 2 amide bonds. The highest BCUT2D eigenvalue weighted by Gasteiger charge is 2.01. The fourth-order valence-electron chi connectivity index (χ4n) is 0.807. The summed E-state index contributed by atoms with van der Waals surface area (Å²) in [7, 11) is 0. The highest BCUT2D eigenvalue weighted by atomic mass is 35.5. The third kappa shape index (κ3) is 3.59. The minimum absolute atomic E-state index is 0.0727.